The van der Waals surface area contributed by atoms with E-state index in [4.69, 9.17) is 5.11 Å². The molecule has 0 saturated carbocycles. The first kappa shape index (κ1) is 17.5. The van der Waals surface area contributed by atoms with Crippen molar-refractivity contribution in [3.05, 3.63) is 34.1 Å². The Balaban J connectivity index is 3.02. The number of hydrogen-bond donors (Lipinski definition) is 2. The van der Waals surface area contributed by atoms with Crippen molar-refractivity contribution >= 4 is 15.7 Å². The fourth-order valence-corrected chi connectivity index (χ4v) is 3.07. The highest BCUT2D eigenvalue weighted by Crippen LogP contribution is 2.21. The molecule has 0 saturated heterocycles. The Morgan fingerprint density at radius 2 is 2.05 bits per heavy atom. The molecule has 0 aromatic heterocycles. The molecule has 0 radical (unpaired) electrons. The number of aliphatic hydroxyl groups is 1. The number of aliphatic hydroxyl groups excluding tert-OH is 1. The molecule has 1 unspecified atom stereocenters. The van der Waals surface area contributed by atoms with E-state index in [1.807, 2.05) is 13.8 Å². The van der Waals surface area contributed by atoms with Crippen molar-refractivity contribution in [2.45, 2.75) is 31.2 Å². The third-order valence-electron chi connectivity index (χ3n) is 2.72. The van der Waals surface area contributed by atoms with Gasteiger partial charge >= 0.3 is 5.69 Å². The van der Waals surface area contributed by atoms with Gasteiger partial charge in [0.1, 0.15) is 0 Å². The van der Waals surface area contributed by atoms with Crippen LogP contribution in [0.25, 0.3) is 0 Å². The third kappa shape index (κ3) is 4.73. The van der Waals surface area contributed by atoms with Crippen LogP contribution in [0.2, 0.25) is 0 Å². The normalized spacial score (nSPS) is 13.4. The Morgan fingerprint density at radius 3 is 2.48 bits per heavy atom. The number of halogens is 1. The van der Waals surface area contributed by atoms with Crippen LogP contribution in [0.1, 0.15) is 20.3 Å². The summed E-state index contributed by atoms with van der Waals surface area (Å²) < 4.78 is 39.8. The minimum Gasteiger partial charge on any atom is -0.395 e. The number of sulfonamides is 1. The number of hydrogen-bond acceptors (Lipinski definition) is 5. The summed E-state index contributed by atoms with van der Waals surface area (Å²) in [7, 11) is -4.05. The molecule has 2 N–H and O–H groups in total. The van der Waals surface area contributed by atoms with E-state index < -0.39 is 44.0 Å². The first-order valence-electron chi connectivity index (χ1n) is 6.24. The Bertz CT molecular complexity index is 618. The fraction of sp³-hybridized carbons (Fsp3) is 0.500. The lowest BCUT2D eigenvalue weighted by atomic mass is 10.1. The summed E-state index contributed by atoms with van der Waals surface area (Å²) in [6, 6.07) is 1.63. The van der Waals surface area contributed by atoms with Gasteiger partial charge in [0.25, 0.3) is 0 Å². The Morgan fingerprint density at radius 1 is 1.43 bits per heavy atom. The summed E-state index contributed by atoms with van der Waals surface area (Å²) in [5.74, 6) is -1.08. The van der Waals surface area contributed by atoms with Gasteiger partial charge in [0, 0.05) is 18.2 Å². The predicted octanol–water partition coefficient (Wildman–Crippen LogP) is 1.42. The zero-order chi connectivity index (χ0) is 16.2. The van der Waals surface area contributed by atoms with Crippen LogP contribution >= 0.6 is 0 Å². The SMILES string of the molecule is CC(C)CC(CO)NS(=O)(=O)c1ccc([N+](=O)[O-])c(F)c1. The molecule has 21 heavy (non-hydrogen) atoms. The molecule has 7 nitrogen and oxygen atoms in total. The maximum Gasteiger partial charge on any atom is 0.304 e. The van der Waals surface area contributed by atoms with Crippen LogP contribution < -0.4 is 4.72 Å². The highest BCUT2D eigenvalue weighted by molar-refractivity contribution is 7.89. The number of nitro benzene ring substituents is 1. The molecule has 0 heterocycles. The van der Waals surface area contributed by atoms with E-state index in [0.717, 1.165) is 12.1 Å². The summed E-state index contributed by atoms with van der Waals surface area (Å²) in [5.41, 5.74) is -0.796. The van der Waals surface area contributed by atoms with Gasteiger partial charge in [0.05, 0.1) is 16.4 Å². The standard InChI is InChI=1S/C12H17FN2O5S/c1-8(2)5-9(7-16)14-21(19,20)10-3-4-12(15(17)18)11(13)6-10/h3-4,6,8-9,14,16H,5,7H2,1-2H3. The molecule has 1 aromatic carbocycles. The largest absolute Gasteiger partial charge is 0.395 e. The summed E-state index contributed by atoms with van der Waals surface area (Å²) >= 11 is 0. The van der Waals surface area contributed by atoms with Gasteiger partial charge in [-0.15, -0.1) is 0 Å². The third-order valence-corrected chi connectivity index (χ3v) is 4.24. The Hall–Kier alpha value is -1.58. The minimum absolute atomic E-state index is 0.151. The first-order chi connectivity index (χ1) is 9.67. The molecular weight excluding hydrogens is 303 g/mol. The molecule has 0 fully saturated rings. The van der Waals surface area contributed by atoms with E-state index >= 15 is 0 Å². The number of rotatable bonds is 7. The number of nitrogens with zero attached hydrogens (tertiary/aromatic N) is 1. The van der Waals surface area contributed by atoms with E-state index in [1.54, 1.807) is 0 Å². The zero-order valence-corrected chi connectivity index (χ0v) is 12.4. The lowest BCUT2D eigenvalue weighted by Crippen LogP contribution is -2.38. The molecule has 1 rings (SSSR count). The van der Waals surface area contributed by atoms with E-state index in [9.17, 15) is 22.9 Å². The minimum atomic E-state index is -4.05. The first-order valence-corrected chi connectivity index (χ1v) is 7.72. The van der Waals surface area contributed by atoms with E-state index in [0.29, 0.717) is 12.5 Å². The molecule has 0 aliphatic heterocycles. The molecule has 1 atom stereocenters. The van der Waals surface area contributed by atoms with Crippen molar-refractivity contribution in [2.24, 2.45) is 5.92 Å². The second-order valence-corrected chi connectivity index (χ2v) is 6.71. The number of nitrogens with one attached hydrogen (secondary N) is 1. The van der Waals surface area contributed by atoms with Crippen molar-refractivity contribution in [2.75, 3.05) is 6.61 Å². The van der Waals surface area contributed by atoms with Crippen molar-refractivity contribution in [3.8, 4) is 0 Å². The molecule has 0 amide bonds. The lowest BCUT2D eigenvalue weighted by molar-refractivity contribution is -0.387. The highest BCUT2D eigenvalue weighted by atomic mass is 32.2. The molecule has 0 aliphatic rings. The van der Waals surface area contributed by atoms with Crippen LogP contribution in [0.15, 0.2) is 23.1 Å². The Labute approximate surface area is 122 Å². The van der Waals surface area contributed by atoms with Gasteiger partial charge in [-0.25, -0.2) is 13.1 Å². The average Bonchev–Trinajstić information content (AvgIpc) is 2.36. The van der Waals surface area contributed by atoms with Crippen LogP contribution in [0.5, 0.6) is 0 Å². The molecular formula is C12H17FN2O5S. The second kappa shape index (κ2) is 6.92. The van der Waals surface area contributed by atoms with Gasteiger partial charge in [-0.2, -0.15) is 4.39 Å². The van der Waals surface area contributed by atoms with Crippen molar-refractivity contribution < 1.29 is 22.8 Å². The molecule has 118 valence electrons. The summed E-state index contributed by atoms with van der Waals surface area (Å²) in [6.07, 6.45) is 0.408. The van der Waals surface area contributed by atoms with Gasteiger partial charge in [-0.3, -0.25) is 10.1 Å². The van der Waals surface area contributed by atoms with E-state index in [1.165, 1.54) is 0 Å². The van der Waals surface area contributed by atoms with Crippen LogP contribution in [-0.4, -0.2) is 31.1 Å². The van der Waals surface area contributed by atoms with Crippen LogP contribution in [0.4, 0.5) is 10.1 Å². The monoisotopic (exact) mass is 320 g/mol. The smallest absolute Gasteiger partial charge is 0.304 e. The maximum absolute atomic E-state index is 13.5. The lowest BCUT2D eigenvalue weighted by Gasteiger charge is -2.18. The van der Waals surface area contributed by atoms with E-state index in [2.05, 4.69) is 4.72 Å². The van der Waals surface area contributed by atoms with Gasteiger partial charge < -0.3 is 5.11 Å². The maximum atomic E-state index is 13.5. The molecule has 1 aromatic rings. The van der Waals surface area contributed by atoms with Crippen LogP contribution in [-0.2, 0) is 10.0 Å². The Kier molecular flexibility index (Phi) is 5.76. The van der Waals surface area contributed by atoms with Gasteiger partial charge in [0.15, 0.2) is 0 Å². The predicted molar refractivity (Wildman–Crippen MR) is 73.7 cm³/mol. The van der Waals surface area contributed by atoms with Gasteiger partial charge in [-0.1, -0.05) is 13.8 Å². The highest BCUT2D eigenvalue weighted by Gasteiger charge is 2.23. The van der Waals surface area contributed by atoms with Crippen molar-refractivity contribution in [3.63, 3.8) is 0 Å². The summed E-state index contributed by atoms with van der Waals surface area (Å²) in [5, 5.41) is 19.7. The summed E-state index contributed by atoms with van der Waals surface area (Å²) in [4.78, 5) is 9.14. The fourth-order valence-electron chi connectivity index (χ4n) is 1.82. The van der Waals surface area contributed by atoms with Crippen molar-refractivity contribution in [1.82, 2.24) is 4.72 Å². The van der Waals surface area contributed by atoms with Crippen LogP contribution in [0.3, 0.4) is 0 Å². The molecule has 9 heteroatoms. The topological polar surface area (TPSA) is 110 Å². The molecule has 0 bridgehead atoms. The zero-order valence-electron chi connectivity index (χ0n) is 11.6. The van der Waals surface area contributed by atoms with E-state index in [-0.39, 0.29) is 5.92 Å². The van der Waals surface area contributed by atoms with Gasteiger partial charge in [-0.05, 0) is 18.4 Å². The molecule has 0 spiro atoms. The summed E-state index contributed by atoms with van der Waals surface area (Å²) in [6.45, 7) is 3.33. The van der Waals surface area contributed by atoms with Crippen molar-refractivity contribution in [1.29, 1.82) is 0 Å². The number of benzene rings is 1. The van der Waals surface area contributed by atoms with Gasteiger partial charge in [0.2, 0.25) is 15.8 Å². The van der Waals surface area contributed by atoms with Crippen LogP contribution in [0, 0.1) is 21.8 Å². The molecule has 0 aliphatic carbocycles. The number of nitro groups is 1. The second-order valence-electron chi connectivity index (χ2n) is 5.00. The average molecular weight is 320 g/mol. The quantitative estimate of drug-likeness (QED) is 0.583.